The van der Waals surface area contributed by atoms with E-state index in [-0.39, 0.29) is 35.4 Å². The fourth-order valence-electron chi connectivity index (χ4n) is 4.93. The molecule has 8 nitrogen and oxygen atoms in total. The summed E-state index contributed by atoms with van der Waals surface area (Å²) < 4.78 is 12.9. The van der Waals surface area contributed by atoms with Crippen LogP contribution in [0.2, 0.25) is 0 Å². The second-order valence-electron chi connectivity index (χ2n) is 9.85. The lowest BCUT2D eigenvalue weighted by Crippen LogP contribution is -2.44. The Morgan fingerprint density at radius 2 is 1.73 bits per heavy atom. The largest absolute Gasteiger partial charge is 0.497 e. The quantitative estimate of drug-likeness (QED) is 0.280. The van der Waals surface area contributed by atoms with Gasteiger partial charge in [-0.2, -0.15) is 5.10 Å². The van der Waals surface area contributed by atoms with Crippen LogP contribution in [0.1, 0.15) is 36.6 Å². The highest BCUT2D eigenvalue weighted by Gasteiger charge is 2.38. The monoisotopic (exact) mass is 570 g/mol. The molecule has 2 amide bonds. The molecular formula is C32H34N4O4S. The predicted octanol–water partition coefficient (Wildman–Crippen LogP) is 5.64. The standard InChI is InChI=1S/C32H34N4O4S/c1-5-21(2)33-27(37)19-35-28(38)20-41-31(25-13-9-10-14-26(25)40-4)29-30(22-11-7-6-8-12-22)34-36(32(29)35)23-15-17-24(39-3)18-16-23/h6-18,21,31H,5,19-20H2,1-4H3,(H,33,37)/t21-,31-/m0/s1. The van der Waals surface area contributed by atoms with Gasteiger partial charge in [-0.05, 0) is 43.7 Å². The molecule has 9 heteroatoms. The van der Waals surface area contributed by atoms with Crippen molar-refractivity contribution < 1.29 is 19.1 Å². The molecule has 0 fully saturated rings. The van der Waals surface area contributed by atoms with E-state index in [2.05, 4.69) is 5.32 Å². The lowest BCUT2D eigenvalue weighted by atomic mass is 9.99. The van der Waals surface area contributed by atoms with Gasteiger partial charge in [-0.1, -0.05) is 55.5 Å². The third-order valence-electron chi connectivity index (χ3n) is 7.20. The van der Waals surface area contributed by atoms with E-state index in [1.807, 2.05) is 92.7 Å². The first-order chi connectivity index (χ1) is 19.9. The Hall–Kier alpha value is -4.24. The molecule has 1 aromatic heterocycles. The van der Waals surface area contributed by atoms with Gasteiger partial charge < -0.3 is 14.8 Å². The predicted molar refractivity (Wildman–Crippen MR) is 163 cm³/mol. The molecule has 0 radical (unpaired) electrons. The first-order valence-corrected chi connectivity index (χ1v) is 14.7. The van der Waals surface area contributed by atoms with Gasteiger partial charge in [-0.25, -0.2) is 4.68 Å². The fraction of sp³-hybridized carbons (Fsp3) is 0.281. The van der Waals surface area contributed by atoms with Gasteiger partial charge in [0.1, 0.15) is 23.9 Å². The summed E-state index contributed by atoms with van der Waals surface area (Å²) in [6.07, 6.45) is 0.790. The highest BCUT2D eigenvalue weighted by Crippen LogP contribution is 2.50. The summed E-state index contributed by atoms with van der Waals surface area (Å²) in [6, 6.07) is 25.3. The average Bonchev–Trinajstić information content (AvgIpc) is 3.34. The molecule has 5 rings (SSSR count). The molecule has 0 unspecified atom stereocenters. The van der Waals surface area contributed by atoms with Crippen LogP contribution in [0.4, 0.5) is 5.82 Å². The van der Waals surface area contributed by atoms with E-state index in [1.165, 1.54) is 11.8 Å². The van der Waals surface area contributed by atoms with E-state index in [1.54, 1.807) is 23.8 Å². The zero-order valence-corrected chi connectivity index (χ0v) is 24.5. The van der Waals surface area contributed by atoms with Crippen molar-refractivity contribution in [2.75, 3.05) is 31.4 Å². The van der Waals surface area contributed by atoms with Gasteiger partial charge in [0.2, 0.25) is 11.8 Å². The van der Waals surface area contributed by atoms with E-state index in [9.17, 15) is 9.59 Å². The summed E-state index contributed by atoms with van der Waals surface area (Å²) in [4.78, 5) is 28.7. The van der Waals surface area contributed by atoms with Crippen molar-refractivity contribution in [1.82, 2.24) is 15.1 Å². The topological polar surface area (TPSA) is 85.7 Å². The molecule has 2 heterocycles. The Balaban J connectivity index is 1.79. The van der Waals surface area contributed by atoms with Crippen LogP contribution < -0.4 is 19.7 Å². The molecule has 0 saturated heterocycles. The molecule has 3 aromatic carbocycles. The van der Waals surface area contributed by atoms with Crippen molar-refractivity contribution in [3.05, 3.63) is 90.0 Å². The van der Waals surface area contributed by atoms with Crippen LogP contribution in [0.3, 0.4) is 0 Å². The SMILES string of the molecule is CC[C@H](C)NC(=O)CN1C(=O)CS[C@@H](c2ccccc2OC)c2c(-c3ccccc3)nn(-c3ccc(OC)cc3)c21. The van der Waals surface area contributed by atoms with Crippen LogP contribution in [0.5, 0.6) is 11.5 Å². The number of carbonyl (C=O) groups is 2. The van der Waals surface area contributed by atoms with Crippen molar-refractivity contribution in [1.29, 1.82) is 0 Å². The number of methoxy groups -OCH3 is 2. The molecular weight excluding hydrogens is 536 g/mol. The molecule has 0 spiro atoms. The average molecular weight is 571 g/mol. The number of benzene rings is 3. The number of ether oxygens (including phenoxy) is 2. The minimum Gasteiger partial charge on any atom is -0.497 e. The van der Waals surface area contributed by atoms with E-state index >= 15 is 0 Å². The van der Waals surface area contributed by atoms with Gasteiger partial charge in [-0.15, -0.1) is 11.8 Å². The number of nitrogens with zero attached hydrogens (tertiary/aromatic N) is 3. The molecule has 1 aliphatic rings. The van der Waals surface area contributed by atoms with Crippen molar-refractivity contribution in [3.63, 3.8) is 0 Å². The molecule has 0 bridgehead atoms. The third-order valence-corrected chi connectivity index (χ3v) is 8.43. The minimum atomic E-state index is -0.282. The third kappa shape index (κ3) is 5.81. The molecule has 1 aliphatic heterocycles. The van der Waals surface area contributed by atoms with Gasteiger partial charge in [0.05, 0.1) is 36.6 Å². The zero-order chi connectivity index (χ0) is 28.9. The Labute approximate surface area is 244 Å². The number of nitrogens with one attached hydrogen (secondary N) is 1. The molecule has 4 aromatic rings. The van der Waals surface area contributed by atoms with Gasteiger partial charge in [0.25, 0.3) is 0 Å². The lowest BCUT2D eigenvalue weighted by molar-refractivity contribution is -0.123. The number of para-hydroxylation sites is 1. The Kier molecular flexibility index (Phi) is 8.64. The number of aromatic nitrogens is 2. The Bertz CT molecular complexity index is 1520. The number of hydrogen-bond donors (Lipinski definition) is 1. The zero-order valence-electron chi connectivity index (χ0n) is 23.7. The van der Waals surface area contributed by atoms with E-state index in [0.29, 0.717) is 11.6 Å². The van der Waals surface area contributed by atoms with E-state index in [4.69, 9.17) is 14.6 Å². The van der Waals surface area contributed by atoms with E-state index < -0.39 is 0 Å². The number of anilines is 1. The maximum absolute atomic E-state index is 13.9. The molecule has 0 saturated carbocycles. The first kappa shape index (κ1) is 28.3. The van der Waals surface area contributed by atoms with Crippen molar-refractivity contribution in [2.24, 2.45) is 0 Å². The van der Waals surface area contributed by atoms with Crippen LogP contribution in [-0.4, -0.2) is 54.2 Å². The highest BCUT2D eigenvalue weighted by atomic mass is 32.2. The van der Waals surface area contributed by atoms with Gasteiger partial charge in [0.15, 0.2) is 0 Å². The number of carbonyl (C=O) groups excluding carboxylic acids is 2. The molecule has 0 aliphatic carbocycles. The van der Waals surface area contributed by atoms with Gasteiger partial charge in [-0.3, -0.25) is 14.5 Å². The molecule has 212 valence electrons. The molecule has 41 heavy (non-hydrogen) atoms. The van der Waals surface area contributed by atoms with Crippen LogP contribution >= 0.6 is 11.8 Å². The Morgan fingerprint density at radius 1 is 1.02 bits per heavy atom. The smallest absolute Gasteiger partial charge is 0.240 e. The van der Waals surface area contributed by atoms with Crippen molar-refractivity contribution in [3.8, 4) is 28.4 Å². The normalized spacial score (nSPS) is 15.6. The lowest BCUT2D eigenvalue weighted by Gasteiger charge is -2.24. The number of amides is 2. The second-order valence-corrected chi connectivity index (χ2v) is 10.9. The number of fused-ring (bicyclic) bond motifs is 1. The van der Waals surface area contributed by atoms with Gasteiger partial charge in [0, 0.05) is 22.7 Å². The first-order valence-electron chi connectivity index (χ1n) is 13.6. The summed E-state index contributed by atoms with van der Waals surface area (Å²) in [5.41, 5.74) is 4.18. The number of hydrogen-bond acceptors (Lipinski definition) is 6. The summed E-state index contributed by atoms with van der Waals surface area (Å²) >= 11 is 1.51. The number of rotatable bonds is 9. The number of thioether (sulfide) groups is 1. The van der Waals surface area contributed by atoms with Crippen LogP contribution in [-0.2, 0) is 9.59 Å². The Morgan fingerprint density at radius 3 is 2.41 bits per heavy atom. The molecule has 2 atom stereocenters. The summed E-state index contributed by atoms with van der Waals surface area (Å²) in [7, 11) is 3.27. The fourth-order valence-corrected chi connectivity index (χ4v) is 6.15. The summed E-state index contributed by atoms with van der Waals surface area (Å²) in [6.45, 7) is 3.85. The molecule has 1 N–H and O–H groups in total. The highest BCUT2D eigenvalue weighted by molar-refractivity contribution is 8.00. The van der Waals surface area contributed by atoms with E-state index in [0.717, 1.165) is 40.2 Å². The minimum absolute atomic E-state index is 0.00821. The van der Waals surface area contributed by atoms with Crippen LogP contribution in [0.25, 0.3) is 16.9 Å². The van der Waals surface area contributed by atoms with Gasteiger partial charge >= 0.3 is 0 Å². The summed E-state index contributed by atoms with van der Waals surface area (Å²) in [5.74, 6) is 1.80. The van der Waals surface area contributed by atoms with Crippen molar-refractivity contribution >= 4 is 29.4 Å². The second kappa shape index (κ2) is 12.5. The maximum atomic E-state index is 13.9. The van der Waals surface area contributed by atoms with Crippen LogP contribution in [0.15, 0.2) is 78.9 Å². The summed E-state index contributed by atoms with van der Waals surface area (Å²) in [5, 5.41) is 7.86. The van der Waals surface area contributed by atoms with Crippen LogP contribution in [0, 0.1) is 0 Å². The maximum Gasteiger partial charge on any atom is 0.240 e. The van der Waals surface area contributed by atoms with Crippen molar-refractivity contribution in [2.45, 2.75) is 31.6 Å².